The number of halogens is 2. The molecule has 0 aliphatic rings. The number of anilines is 2. The van der Waals surface area contributed by atoms with E-state index in [1.54, 1.807) is 0 Å². The predicted molar refractivity (Wildman–Crippen MR) is 88.6 cm³/mol. The van der Waals surface area contributed by atoms with Crippen molar-refractivity contribution in [3.05, 3.63) is 60.7 Å². The quantitative estimate of drug-likeness (QED) is 0.654. The largest absolute Gasteiger partial charge is 0.341 e. The molecule has 2 aromatic carbocycles. The fourth-order valence-corrected chi connectivity index (χ4v) is 2.09. The van der Waals surface area contributed by atoms with Crippen LogP contribution in [0.1, 0.15) is 6.42 Å². The molecule has 1 nitrogen and oxygen atoms in total. The maximum Gasteiger partial charge on any atom is 0.0410 e. The minimum atomic E-state index is 0. The third-order valence-electron chi connectivity index (χ3n) is 2.65. The fourth-order valence-electron chi connectivity index (χ4n) is 1.84. The molecule has 0 bridgehead atoms. The van der Waals surface area contributed by atoms with Crippen molar-refractivity contribution < 1.29 is 0 Å². The maximum absolute atomic E-state index is 3.50. The van der Waals surface area contributed by atoms with Crippen molar-refractivity contribution in [2.24, 2.45) is 0 Å². The van der Waals surface area contributed by atoms with Gasteiger partial charge < -0.3 is 4.90 Å². The molecule has 0 unspecified atom stereocenters. The smallest absolute Gasteiger partial charge is 0.0410 e. The zero-order valence-corrected chi connectivity index (χ0v) is 13.4. The first kappa shape index (κ1) is 15.3. The van der Waals surface area contributed by atoms with E-state index < -0.39 is 0 Å². The number of alkyl halides is 1. The van der Waals surface area contributed by atoms with Gasteiger partial charge in [0, 0.05) is 23.2 Å². The highest BCUT2D eigenvalue weighted by atomic mass is 79.9. The molecule has 18 heavy (non-hydrogen) atoms. The zero-order chi connectivity index (χ0) is 11.9. The summed E-state index contributed by atoms with van der Waals surface area (Å²) in [5.74, 6) is 0. The topological polar surface area (TPSA) is 3.24 Å². The molecule has 0 N–H and O–H groups in total. The van der Waals surface area contributed by atoms with Gasteiger partial charge in [-0.3, -0.25) is 0 Å². The third kappa shape index (κ3) is 4.14. The van der Waals surface area contributed by atoms with E-state index in [4.69, 9.17) is 0 Å². The van der Waals surface area contributed by atoms with Crippen LogP contribution in [-0.4, -0.2) is 11.9 Å². The molecule has 96 valence electrons. The Morgan fingerprint density at radius 3 is 1.61 bits per heavy atom. The summed E-state index contributed by atoms with van der Waals surface area (Å²) in [6, 6.07) is 21.1. The Balaban J connectivity index is 0.00000162. The lowest BCUT2D eigenvalue weighted by molar-refractivity contribution is 0.898. The van der Waals surface area contributed by atoms with Gasteiger partial charge in [-0.1, -0.05) is 52.3 Å². The molecule has 0 aliphatic carbocycles. The van der Waals surface area contributed by atoms with E-state index in [2.05, 4.69) is 81.5 Å². The van der Waals surface area contributed by atoms with Gasteiger partial charge in [-0.05, 0) is 30.7 Å². The third-order valence-corrected chi connectivity index (χ3v) is 3.21. The van der Waals surface area contributed by atoms with Gasteiger partial charge in [-0.2, -0.15) is 0 Å². The van der Waals surface area contributed by atoms with Gasteiger partial charge in [-0.25, -0.2) is 0 Å². The molecule has 3 heteroatoms. The van der Waals surface area contributed by atoms with E-state index >= 15 is 0 Å². The highest BCUT2D eigenvalue weighted by Crippen LogP contribution is 2.24. The van der Waals surface area contributed by atoms with Crippen LogP contribution in [0.4, 0.5) is 11.4 Å². The summed E-state index contributed by atoms with van der Waals surface area (Å²) in [5, 5.41) is 1.03. The second-order valence-corrected chi connectivity index (χ2v) is 4.66. The van der Waals surface area contributed by atoms with Crippen molar-refractivity contribution in [1.82, 2.24) is 0 Å². The van der Waals surface area contributed by atoms with Gasteiger partial charge in [0.25, 0.3) is 0 Å². The van der Waals surface area contributed by atoms with E-state index in [0.29, 0.717) is 0 Å². The fraction of sp³-hybridized carbons (Fsp3) is 0.200. The lowest BCUT2D eigenvalue weighted by Gasteiger charge is -2.24. The van der Waals surface area contributed by atoms with Crippen molar-refractivity contribution in [3.8, 4) is 0 Å². The van der Waals surface area contributed by atoms with Crippen LogP contribution < -0.4 is 4.90 Å². The van der Waals surface area contributed by atoms with Gasteiger partial charge in [0.05, 0.1) is 0 Å². The molecule has 0 saturated heterocycles. The molecule has 0 spiro atoms. The van der Waals surface area contributed by atoms with Crippen LogP contribution in [0.3, 0.4) is 0 Å². The molecule has 0 amide bonds. The Hall–Kier alpha value is -0.800. The summed E-state index contributed by atoms with van der Waals surface area (Å²) in [7, 11) is 0. The van der Waals surface area contributed by atoms with Crippen molar-refractivity contribution in [2.75, 3.05) is 16.8 Å². The van der Waals surface area contributed by atoms with Crippen molar-refractivity contribution in [2.45, 2.75) is 6.42 Å². The predicted octanol–water partition coefficient (Wildman–Crippen LogP) is 5.19. The molecule has 0 saturated carbocycles. The number of hydrogen-bond donors (Lipinski definition) is 0. The highest BCUT2D eigenvalue weighted by molar-refractivity contribution is 9.09. The van der Waals surface area contributed by atoms with Gasteiger partial charge in [0.2, 0.25) is 0 Å². The van der Waals surface area contributed by atoms with Crippen LogP contribution in [0.15, 0.2) is 60.7 Å². The number of rotatable bonds is 5. The second-order valence-electron chi connectivity index (χ2n) is 3.87. The minimum absolute atomic E-state index is 0. The molecule has 0 atom stereocenters. The van der Waals surface area contributed by atoms with Crippen molar-refractivity contribution >= 4 is 44.3 Å². The number of para-hydroxylation sites is 2. The standard InChI is InChI=1S/C15H16BrN.BrH/c16-12-7-13-17(14-8-3-1-4-9-14)15-10-5-2-6-11-15;/h1-6,8-11H,7,12-13H2;1H. The Bertz CT molecular complexity index is 391. The number of benzene rings is 2. The number of hydrogen-bond acceptors (Lipinski definition) is 1. The average molecular weight is 371 g/mol. The van der Waals surface area contributed by atoms with Crippen molar-refractivity contribution in [1.29, 1.82) is 0 Å². The van der Waals surface area contributed by atoms with Gasteiger partial charge >= 0.3 is 0 Å². The summed E-state index contributed by atoms with van der Waals surface area (Å²) in [4.78, 5) is 2.35. The molecule has 0 radical (unpaired) electrons. The summed E-state index contributed by atoms with van der Waals surface area (Å²) < 4.78 is 0. The summed E-state index contributed by atoms with van der Waals surface area (Å²) in [5.41, 5.74) is 2.50. The molecule has 0 aromatic heterocycles. The monoisotopic (exact) mass is 369 g/mol. The molecule has 2 aromatic rings. The Kier molecular flexibility index (Phi) is 7.06. The number of nitrogens with zero attached hydrogens (tertiary/aromatic N) is 1. The lowest BCUT2D eigenvalue weighted by atomic mass is 10.2. The molecule has 2 rings (SSSR count). The highest BCUT2D eigenvalue weighted by Gasteiger charge is 2.07. The first-order valence-corrected chi connectivity index (χ1v) is 6.97. The molecule has 0 fully saturated rings. The maximum atomic E-state index is 3.50. The van der Waals surface area contributed by atoms with Crippen LogP contribution in [0.5, 0.6) is 0 Å². The Morgan fingerprint density at radius 1 is 0.778 bits per heavy atom. The van der Waals surface area contributed by atoms with Gasteiger partial charge in [0.15, 0.2) is 0 Å². The van der Waals surface area contributed by atoms with Crippen LogP contribution in [-0.2, 0) is 0 Å². The molecule has 0 aliphatic heterocycles. The summed E-state index contributed by atoms with van der Waals surface area (Å²) in [6.45, 7) is 1.03. The molecular formula is C15H17Br2N. The van der Waals surface area contributed by atoms with Crippen LogP contribution in [0.25, 0.3) is 0 Å². The summed E-state index contributed by atoms with van der Waals surface area (Å²) >= 11 is 3.50. The summed E-state index contributed by atoms with van der Waals surface area (Å²) in [6.07, 6.45) is 1.13. The molecular weight excluding hydrogens is 354 g/mol. The van der Waals surface area contributed by atoms with Crippen LogP contribution in [0.2, 0.25) is 0 Å². The normalized spacial score (nSPS) is 9.61. The Labute approximate surface area is 128 Å². The first-order chi connectivity index (χ1) is 8.42. The van der Waals surface area contributed by atoms with E-state index in [0.717, 1.165) is 18.3 Å². The average Bonchev–Trinajstić information content (AvgIpc) is 2.42. The minimum Gasteiger partial charge on any atom is -0.341 e. The lowest BCUT2D eigenvalue weighted by Crippen LogP contribution is -2.18. The molecule has 0 heterocycles. The van der Waals surface area contributed by atoms with Gasteiger partial charge in [0.1, 0.15) is 0 Å². The van der Waals surface area contributed by atoms with E-state index in [1.165, 1.54) is 11.4 Å². The van der Waals surface area contributed by atoms with E-state index in [9.17, 15) is 0 Å². The van der Waals surface area contributed by atoms with E-state index in [1.807, 2.05) is 0 Å². The Morgan fingerprint density at radius 2 is 1.22 bits per heavy atom. The van der Waals surface area contributed by atoms with Crippen LogP contribution >= 0.6 is 32.9 Å². The second kappa shape index (κ2) is 8.33. The van der Waals surface area contributed by atoms with Gasteiger partial charge in [-0.15, -0.1) is 17.0 Å². The first-order valence-electron chi connectivity index (χ1n) is 5.85. The van der Waals surface area contributed by atoms with Crippen LogP contribution in [0, 0.1) is 0 Å². The van der Waals surface area contributed by atoms with Crippen molar-refractivity contribution in [3.63, 3.8) is 0 Å². The SMILES string of the molecule is Br.BrCCCN(c1ccccc1)c1ccccc1. The van der Waals surface area contributed by atoms with E-state index in [-0.39, 0.29) is 17.0 Å². The zero-order valence-electron chi connectivity index (χ0n) is 10.1.